The summed E-state index contributed by atoms with van der Waals surface area (Å²) in [5, 5.41) is 6.72. The first kappa shape index (κ1) is 15.3. The Labute approximate surface area is 126 Å². The first-order valence-electron chi connectivity index (χ1n) is 7.59. The maximum atomic E-state index is 6.34. The summed E-state index contributed by atoms with van der Waals surface area (Å²) in [5.41, 5.74) is 0. The molecular weight excluding hydrogens is 274 g/mol. The average Bonchev–Trinajstić information content (AvgIpc) is 2.82. The van der Waals surface area contributed by atoms with Crippen LogP contribution in [0.15, 0.2) is 11.4 Å². The van der Waals surface area contributed by atoms with E-state index in [0.717, 1.165) is 29.3 Å². The summed E-state index contributed by atoms with van der Waals surface area (Å²) in [6.07, 6.45) is 5.45. The highest BCUT2D eigenvalue weighted by atomic mass is 35.5. The van der Waals surface area contributed by atoms with Crippen molar-refractivity contribution in [3.63, 3.8) is 0 Å². The summed E-state index contributed by atoms with van der Waals surface area (Å²) in [5.74, 6) is 2.52. The molecule has 0 amide bonds. The van der Waals surface area contributed by atoms with Gasteiger partial charge < -0.3 is 5.32 Å². The number of hydrogen-bond donors (Lipinski definition) is 1. The monoisotopic (exact) mass is 299 g/mol. The van der Waals surface area contributed by atoms with Gasteiger partial charge in [0.15, 0.2) is 0 Å². The third-order valence-electron chi connectivity index (χ3n) is 4.58. The highest BCUT2D eigenvalue weighted by molar-refractivity contribution is 7.10. The van der Waals surface area contributed by atoms with E-state index >= 15 is 0 Å². The van der Waals surface area contributed by atoms with E-state index in [9.17, 15) is 0 Å². The molecule has 1 heterocycles. The first-order valence-corrected chi connectivity index (χ1v) is 8.85. The third-order valence-corrected chi connectivity index (χ3v) is 6.02. The summed E-state index contributed by atoms with van der Waals surface area (Å²) in [7, 11) is 0. The van der Waals surface area contributed by atoms with Crippen molar-refractivity contribution in [3.8, 4) is 0 Å². The summed E-state index contributed by atoms with van der Waals surface area (Å²) in [6, 6.07) is 2.50. The van der Waals surface area contributed by atoms with Gasteiger partial charge >= 0.3 is 0 Å². The number of hydrogen-bond acceptors (Lipinski definition) is 2. The maximum absolute atomic E-state index is 6.34. The number of rotatable bonds is 5. The zero-order valence-corrected chi connectivity index (χ0v) is 13.9. The van der Waals surface area contributed by atoms with Crippen molar-refractivity contribution in [3.05, 3.63) is 21.3 Å². The minimum absolute atomic E-state index is 0.464. The van der Waals surface area contributed by atoms with Gasteiger partial charge in [0.05, 0.1) is 5.02 Å². The molecule has 0 bridgehead atoms. The van der Waals surface area contributed by atoms with Gasteiger partial charge in [0.2, 0.25) is 0 Å². The molecule has 1 N–H and O–H groups in total. The Balaban J connectivity index is 2.03. The fourth-order valence-corrected chi connectivity index (χ4v) is 4.71. The second-order valence-corrected chi connectivity index (χ2v) is 7.44. The van der Waals surface area contributed by atoms with E-state index in [0.29, 0.717) is 6.04 Å². The molecule has 2 rings (SSSR count). The van der Waals surface area contributed by atoms with Crippen LogP contribution in [-0.4, -0.2) is 6.54 Å². The normalized spacial score (nSPS) is 25.7. The van der Waals surface area contributed by atoms with Gasteiger partial charge in [0.25, 0.3) is 0 Å². The molecule has 1 unspecified atom stereocenters. The molecule has 1 atom stereocenters. The minimum atomic E-state index is 0.464. The summed E-state index contributed by atoms with van der Waals surface area (Å²) >= 11 is 8.14. The Morgan fingerprint density at radius 2 is 1.89 bits per heavy atom. The lowest BCUT2D eigenvalue weighted by Gasteiger charge is -2.35. The van der Waals surface area contributed by atoms with E-state index in [1.54, 1.807) is 11.3 Å². The van der Waals surface area contributed by atoms with Crippen LogP contribution in [0.1, 0.15) is 57.4 Å². The Morgan fingerprint density at radius 1 is 1.26 bits per heavy atom. The minimum Gasteiger partial charge on any atom is -0.309 e. The SMILES string of the molecule is CCNC(c1sccc1Cl)C1CCC(C(C)C)CC1. The topological polar surface area (TPSA) is 12.0 Å². The molecule has 3 heteroatoms. The van der Waals surface area contributed by atoms with Crippen LogP contribution in [-0.2, 0) is 0 Å². The zero-order chi connectivity index (χ0) is 13.8. The molecule has 1 aromatic heterocycles. The molecule has 19 heavy (non-hydrogen) atoms. The highest BCUT2D eigenvalue weighted by Gasteiger charge is 2.30. The lowest BCUT2D eigenvalue weighted by atomic mass is 9.74. The van der Waals surface area contributed by atoms with Crippen molar-refractivity contribution in [2.45, 2.75) is 52.5 Å². The highest BCUT2D eigenvalue weighted by Crippen LogP contribution is 2.42. The smallest absolute Gasteiger partial charge is 0.0561 e. The van der Waals surface area contributed by atoms with Crippen LogP contribution in [0.3, 0.4) is 0 Å². The largest absolute Gasteiger partial charge is 0.309 e. The Kier molecular flexibility index (Phi) is 5.73. The predicted octanol–water partition coefficient (Wildman–Crippen LogP) is 5.51. The quantitative estimate of drug-likeness (QED) is 0.755. The van der Waals surface area contributed by atoms with Crippen LogP contribution in [0.2, 0.25) is 5.02 Å². The predicted molar refractivity (Wildman–Crippen MR) is 86.0 cm³/mol. The standard InChI is InChI=1S/C16H26ClNS/c1-4-18-15(16-14(17)9-10-19-16)13-7-5-12(6-8-13)11(2)3/h9-13,15,18H,4-8H2,1-3H3. The van der Waals surface area contributed by atoms with Gasteiger partial charge in [-0.3, -0.25) is 0 Å². The molecule has 1 saturated carbocycles. The second kappa shape index (κ2) is 7.10. The Bertz CT molecular complexity index is 380. The van der Waals surface area contributed by atoms with Gasteiger partial charge in [-0.05, 0) is 61.4 Å². The van der Waals surface area contributed by atoms with E-state index in [2.05, 4.69) is 31.5 Å². The van der Waals surface area contributed by atoms with Crippen LogP contribution in [0.5, 0.6) is 0 Å². The molecule has 0 radical (unpaired) electrons. The van der Waals surface area contributed by atoms with Crippen molar-refractivity contribution >= 4 is 22.9 Å². The van der Waals surface area contributed by atoms with Gasteiger partial charge in [0, 0.05) is 10.9 Å². The molecule has 0 aromatic carbocycles. The molecular formula is C16H26ClNS. The Hall–Kier alpha value is -0.0500. The molecule has 0 saturated heterocycles. The Morgan fingerprint density at radius 3 is 2.37 bits per heavy atom. The van der Waals surface area contributed by atoms with Crippen LogP contribution < -0.4 is 5.32 Å². The third kappa shape index (κ3) is 3.74. The van der Waals surface area contributed by atoms with E-state index in [1.165, 1.54) is 30.6 Å². The summed E-state index contributed by atoms with van der Waals surface area (Å²) < 4.78 is 0. The average molecular weight is 300 g/mol. The van der Waals surface area contributed by atoms with Gasteiger partial charge in [-0.1, -0.05) is 32.4 Å². The van der Waals surface area contributed by atoms with E-state index in [-0.39, 0.29) is 0 Å². The van der Waals surface area contributed by atoms with Crippen LogP contribution in [0, 0.1) is 17.8 Å². The maximum Gasteiger partial charge on any atom is 0.0561 e. The number of thiophene rings is 1. The van der Waals surface area contributed by atoms with Gasteiger partial charge in [-0.15, -0.1) is 11.3 Å². The number of halogens is 1. The van der Waals surface area contributed by atoms with Crippen LogP contribution >= 0.6 is 22.9 Å². The van der Waals surface area contributed by atoms with Crippen molar-refractivity contribution in [1.29, 1.82) is 0 Å². The molecule has 0 aliphatic heterocycles. The molecule has 1 fully saturated rings. The second-order valence-electron chi connectivity index (χ2n) is 6.09. The van der Waals surface area contributed by atoms with E-state index in [4.69, 9.17) is 11.6 Å². The zero-order valence-electron chi connectivity index (χ0n) is 12.3. The molecule has 1 aromatic rings. The lowest BCUT2D eigenvalue weighted by molar-refractivity contribution is 0.191. The van der Waals surface area contributed by atoms with Crippen LogP contribution in [0.25, 0.3) is 0 Å². The van der Waals surface area contributed by atoms with Crippen molar-refractivity contribution in [2.24, 2.45) is 17.8 Å². The molecule has 0 spiro atoms. The van der Waals surface area contributed by atoms with Crippen molar-refractivity contribution < 1.29 is 0 Å². The van der Waals surface area contributed by atoms with Gasteiger partial charge in [-0.25, -0.2) is 0 Å². The van der Waals surface area contributed by atoms with E-state index < -0.39 is 0 Å². The van der Waals surface area contributed by atoms with E-state index in [1.807, 2.05) is 6.07 Å². The molecule has 1 aliphatic carbocycles. The first-order chi connectivity index (χ1) is 9.13. The lowest BCUT2D eigenvalue weighted by Crippen LogP contribution is -2.31. The van der Waals surface area contributed by atoms with Crippen molar-refractivity contribution in [2.75, 3.05) is 6.54 Å². The van der Waals surface area contributed by atoms with Crippen molar-refractivity contribution in [1.82, 2.24) is 5.32 Å². The fourth-order valence-electron chi connectivity index (χ4n) is 3.37. The summed E-state index contributed by atoms with van der Waals surface area (Å²) in [6.45, 7) is 7.93. The molecule has 1 aliphatic rings. The number of nitrogens with one attached hydrogen (secondary N) is 1. The summed E-state index contributed by atoms with van der Waals surface area (Å²) in [4.78, 5) is 1.34. The molecule has 1 nitrogen and oxygen atoms in total. The van der Waals surface area contributed by atoms with Gasteiger partial charge in [0.1, 0.15) is 0 Å². The fraction of sp³-hybridized carbons (Fsp3) is 0.750. The van der Waals surface area contributed by atoms with Crippen LogP contribution in [0.4, 0.5) is 0 Å². The van der Waals surface area contributed by atoms with Gasteiger partial charge in [-0.2, -0.15) is 0 Å². The molecule has 108 valence electrons.